The Labute approximate surface area is 105 Å². The van der Waals surface area contributed by atoms with Gasteiger partial charge in [0, 0.05) is 17.8 Å². The zero-order chi connectivity index (χ0) is 12.4. The van der Waals surface area contributed by atoms with E-state index in [9.17, 15) is 0 Å². The fourth-order valence-electron chi connectivity index (χ4n) is 2.14. The van der Waals surface area contributed by atoms with Crippen LogP contribution in [0.2, 0.25) is 0 Å². The molecular formula is C15H14N2O. The number of hydrogen-bond donors (Lipinski definition) is 1. The van der Waals surface area contributed by atoms with Crippen LogP contribution < -0.4 is 4.74 Å². The van der Waals surface area contributed by atoms with E-state index in [1.165, 1.54) is 16.5 Å². The highest BCUT2D eigenvalue weighted by atomic mass is 16.5. The fraction of sp³-hybridized carbons (Fsp3) is 0.133. The largest absolute Gasteiger partial charge is 0.497 e. The van der Waals surface area contributed by atoms with E-state index < -0.39 is 0 Å². The van der Waals surface area contributed by atoms with E-state index in [0.29, 0.717) is 0 Å². The number of aromatic amines is 1. The Balaban J connectivity index is 1.93. The van der Waals surface area contributed by atoms with Gasteiger partial charge in [0.2, 0.25) is 0 Å². The van der Waals surface area contributed by atoms with E-state index in [2.05, 4.69) is 34.2 Å². The molecule has 18 heavy (non-hydrogen) atoms. The van der Waals surface area contributed by atoms with Crippen molar-refractivity contribution in [2.75, 3.05) is 7.11 Å². The molecule has 3 nitrogen and oxygen atoms in total. The van der Waals surface area contributed by atoms with Gasteiger partial charge in [-0.3, -0.25) is 0 Å². The minimum absolute atomic E-state index is 0.889. The number of H-pyrrole nitrogens is 1. The van der Waals surface area contributed by atoms with Crippen LogP contribution in [-0.2, 0) is 6.42 Å². The molecule has 0 saturated heterocycles. The van der Waals surface area contributed by atoms with Gasteiger partial charge in [0.1, 0.15) is 11.4 Å². The maximum Gasteiger partial charge on any atom is 0.137 e. The molecule has 3 heteroatoms. The van der Waals surface area contributed by atoms with Crippen LogP contribution in [0.15, 0.2) is 48.8 Å². The summed E-state index contributed by atoms with van der Waals surface area (Å²) in [6.07, 6.45) is 4.67. The normalized spacial score (nSPS) is 10.7. The number of ether oxygens (including phenoxy) is 1. The predicted molar refractivity (Wildman–Crippen MR) is 71.9 cm³/mol. The maximum atomic E-state index is 5.16. The summed E-state index contributed by atoms with van der Waals surface area (Å²) in [5.41, 5.74) is 3.50. The number of methoxy groups -OCH3 is 1. The van der Waals surface area contributed by atoms with Gasteiger partial charge in [-0.1, -0.05) is 12.1 Å². The number of benzene rings is 1. The third-order valence-corrected chi connectivity index (χ3v) is 3.10. The average molecular weight is 238 g/mol. The molecule has 0 atom stereocenters. The van der Waals surface area contributed by atoms with Crippen molar-refractivity contribution in [3.8, 4) is 5.75 Å². The Morgan fingerprint density at radius 2 is 1.94 bits per heavy atom. The maximum absolute atomic E-state index is 5.16. The van der Waals surface area contributed by atoms with E-state index in [4.69, 9.17) is 4.74 Å². The summed E-state index contributed by atoms with van der Waals surface area (Å²) < 4.78 is 5.16. The molecule has 0 spiro atoms. The lowest BCUT2D eigenvalue weighted by molar-refractivity contribution is 0.414. The first-order chi connectivity index (χ1) is 8.86. The summed E-state index contributed by atoms with van der Waals surface area (Å²) in [5.74, 6) is 0.889. The Morgan fingerprint density at radius 3 is 2.72 bits per heavy atom. The van der Waals surface area contributed by atoms with Gasteiger partial charge < -0.3 is 9.72 Å². The van der Waals surface area contributed by atoms with Crippen LogP contribution in [0.25, 0.3) is 11.0 Å². The Morgan fingerprint density at radius 1 is 1.11 bits per heavy atom. The summed E-state index contributed by atoms with van der Waals surface area (Å²) in [5, 5.41) is 1.19. The number of pyridine rings is 1. The number of rotatable bonds is 3. The molecule has 1 N–H and O–H groups in total. The van der Waals surface area contributed by atoms with Crippen molar-refractivity contribution >= 4 is 11.0 Å². The van der Waals surface area contributed by atoms with Crippen LogP contribution >= 0.6 is 0 Å². The molecule has 1 aromatic carbocycles. The third kappa shape index (κ3) is 1.95. The molecule has 0 bridgehead atoms. The highest BCUT2D eigenvalue weighted by Crippen LogP contribution is 2.20. The van der Waals surface area contributed by atoms with Crippen LogP contribution in [-0.4, -0.2) is 17.1 Å². The van der Waals surface area contributed by atoms with Crippen molar-refractivity contribution in [2.24, 2.45) is 0 Å². The SMILES string of the molecule is COc1ccc(Cc2ccnc3[nH]ccc23)cc1. The molecule has 3 rings (SSSR count). The topological polar surface area (TPSA) is 37.9 Å². The minimum Gasteiger partial charge on any atom is -0.497 e. The van der Waals surface area contributed by atoms with Gasteiger partial charge in [-0.05, 0) is 41.8 Å². The first-order valence-corrected chi connectivity index (χ1v) is 5.91. The second-order valence-corrected chi connectivity index (χ2v) is 4.23. The third-order valence-electron chi connectivity index (χ3n) is 3.10. The summed E-state index contributed by atoms with van der Waals surface area (Å²) in [7, 11) is 1.68. The highest BCUT2D eigenvalue weighted by molar-refractivity contribution is 5.79. The molecule has 0 fully saturated rings. The number of fused-ring (bicyclic) bond motifs is 1. The lowest BCUT2D eigenvalue weighted by Crippen LogP contribution is -1.90. The van der Waals surface area contributed by atoms with Gasteiger partial charge in [0.25, 0.3) is 0 Å². The van der Waals surface area contributed by atoms with Crippen molar-refractivity contribution in [2.45, 2.75) is 6.42 Å². The monoisotopic (exact) mass is 238 g/mol. The Hall–Kier alpha value is -2.29. The van der Waals surface area contributed by atoms with Crippen molar-refractivity contribution in [3.63, 3.8) is 0 Å². The first-order valence-electron chi connectivity index (χ1n) is 5.91. The zero-order valence-electron chi connectivity index (χ0n) is 10.2. The lowest BCUT2D eigenvalue weighted by Gasteiger charge is -2.05. The van der Waals surface area contributed by atoms with Gasteiger partial charge in [-0.2, -0.15) is 0 Å². The van der Waals surface area contributed by atoms with Gasteiger partial charge >= 0.3 is 0 Å². The molecule has 0 unspecified atom stereocenters. The van der Waals surface area contributed by atoms with Gasteiger partial charge in [-0.25, -0.2) is 4.98 Å². The number of aromatic nitrogens is 2. The second-order valence-electron chi connectivity index (χ2n) is 4.23. The lowest BCUT2D eigenvalue weighted by atomic mass is 10.0. The first kappa shape index (κ1) is 10.8. The zero-order valence-corrected chi connectivity index (χ0v) is 10.2. The molecule has 0 amide bonds. The van der Waals surface area contributed by atoms with Gasteiger partial charge in [-0.15, -0.1) is 0 Å². The molecule has 0 aliphatic heterocycles. The minimum atomic E-state index is 0.889. The molecule has 0 aliphatic carbocycles. The molecule has 90 valence electrons. The Kier molecular flexibility index (Phi) is 2.73. The molecule has 0 saturated carbocycles. The Bertz CT molecular complexity index is 656. The van der Waals surface area contributed by atoms with Crippen LogP contribution in [0.3, 0.4) is 0 Å². The van der Waals surface area contributed by atoms with E-state index in [1.807, 2.05) is 24.5 Å². The van der Waals surface area contributed by atoms with Crippen molar-refractivity contribution in [1.29, 1.82) is 0 Å². The van der Waals surface area contributed by atoms with Crippen molar-refractivity contribution in [1.82, 2.24) is 9.97 Å². The predicted octanol–water partition coefficient (Wildman–Crippen LogP) is 3.16. The summed E-state index contributed by atoms with van der Waals surface area (Å²) in [6.45, 7) is 0. The summed E-state index contributed by atoms with van der Waals surface area (Å²) in [6, 6.07) is 12.3. The molecule has 0 radical (unpaired) electrons. The molecule has 3 aromatic rings. The fourth-order valence-corrected chi connectivity index (χ4v) is 2.14. The standard InChI is InChI=1S/C15H14N2O/c1-18-13-4-2-11(3-5-13)10-12-6-8-16-15-14(12)7-9-17-15/h2-9H,10H2,1H3,(H,16,17). The van der Waals surface area contributed by atoms with E-state index in [0.717, 1.165) is 17.8 Å². The second kappa shape index (κ2) is 4.53. The summed E-state index contributed by atoms with van der Waals surface area (Å²) in [4.78, 5) is 7.43. The number of hydrogen-bond acceptors (Lipinski definition) is 2. The van der Waals surface area contributed by atoms with Crippen LogP contribution in [0.5, 0.6) is 5.75 Å². The quantitative estimate of drug-likeness (QED) is 0.761. The summed E-state index contributed by atoms with van der Waals surface area (Å²) >= 11 is 0. The van der Waals surface area contributed by atoms with Gasteiger partial charge in [0.15, 0.2) is 0 Å². The van der Waals surface area contributed by atoms with Crippen molar-refractivity contribution < 1.29 is 4.74 Å². The van der Waals surface area contributed by atoms with E-state index >= 15 is 0 Å². The van der Waals surface area contributed by atoms with Gasteiger partial charge in [0.05, 0.1) is 7.11 Å². The van der Waals surface area contributed by atoms with Crippen LogP contribution in [0.4, 0.5) is 0 Å². The van der Waals surface area contributed by atoms with E-state index in [-0.39, 0.29) is 0 Å². The van der Waals surface area contributed by atoms with Crippen LogP contribution in [0.1, 0.15) is 11.1 Å². The molecule has 2 aromatic heterocycles. The molecular weight excluding hydrogens is 224 g/mol. The highest BCUT2D eigenvalue weighted by Gasteiger charge is 2.03. The molecule has 2 heterocycles. The molecule has 0 aliphatic rings. The van der Waals surface area contributed by atoms with E-state index in [1.54, 1.807) is 7.11 Å². The number of nitrogens with zero attached hydrogens (tertiary/aromatic N) is 1. The average Bonchev–Trinajstić information content (AvgIpc) is 2.89. The van der Waals surface area contributed by atoms with Crippen molar-refractivity contribution in [3.05, 3.63) is 59.9 Å². The smallest absolute Gasteiger partial charge is 0.137 e. The van der Waals surface area contributed by atoms with Crippen LogP contribution in [0, 0.1) is 0 Å². The number of nitrogens with one attached hydrogen (secondary N) is 1.